The van der Waals surface area contributed by atoms with Gasteiger partial charge in [0.25, 0.3) is 0 Å². The van der Waals surface area contributed by atoms with E-state index in [0.29, 0.717) is 0 Å². The molecule has 0 N–H and O–H groups in total. The molecule has 0 fully saturated rings. The summed E-state index contributed by atoms with van der Waals surface area (Å²) in [6.07, 6.45) is 0. The van der Waals surface area contributed by atoms with Gasteiger partial charge < -0.3 is 18.8 Å². The highest BCUT2D eigenvalue weighted by atomic mass is 16.3. The standard InChI is InChI=1S/C58H39N3O/c1-4-17-41(18-5-1)59(45-35-36-50-49-25-12-14-28-53(49)61(56(50)39-45)43-21-8-3-9-22-43)44-33-31-40(32-34-44)46-37-38-54(48-24-11-10-23-47(46)48)60(42-19-6-2-7-20-42)55-29-16-27-52-51-26-13-15-30-57(51)62-58(52)55/h1-39H. The monoisotopic (exact) mass is 793 g/mol. The lowest BCUT2D eigenvalue weighted by molar-refractivity contribution is 0.669. The van der Waals surface area contributed by atoms with Crippen LogP contribution in [0.3, 0.4) is 0 Å². The molecule has 0 aliphatic heterocycles. The van der Waals surface area contributed by atoms with Crippen LogP contribution in [0.4, 0.5) is 34.1 Å². The Morgan fingerprint density at radius 2 is 0.887 bits per heavy atom. The molecule has 0 bridgehead atoms. The minimum Gasteiger partial charge on any atom is -0.454 e. The van der Waals surface area contributed by atoms with Crippen molar-refractivity contribution in [1.82, 2.24) is 4.57 Å². The van der Waals surface area contributed by atoms with Gasteiger partial charge in [-0.15, -0.1) is 0 Å². The number of fused-ring (bicyclic) bond motifs is 7. The van der Waals surface area contributed by atoms with Crippen molar-refractivity contribution in [3.8, 4) is 16.8 Å². The lowest BCUT2D eigenvalue weighted by Crippen LogP contribution is -2.11. The van der Waals surface area contributed by atoms with E-state index < -0.39 is 0 Å². The first-order valence-corrected chi connectivity index (χ1v) is 21.1. The summed E-state index contributed by atoms with van der Waals surface area (Å²) in [6.45, 7) is 0. The van der Waals surface area contributed by atoms with Crippen LogP contribution >= 0.6 is 0 Å². The summed E-state index contributed by atoms with van der Waals surface area (Å²) in [7, 11) is 0. The number of hydrogen-bond donors (Lipinski definition) is 0. The van der Waals surface area contributed by atoms with Crippen molar-refractivity contribution < 1.29 is 4.42 Å². The Bertz CT molecular complexity index is 3570. The molecule has 4 heteroatoms. The molecule has 12 rings (SSSR count). The van der Waals surface area contributed by atoms with Gasteiger partial charge in [-0.1, -0.05) is 152 Å². The molecular formula is C58H39N3O. The third kappa shape index (κ3) is 5.84. The molecule has 0 radical (unpaired) electrons. The van der Waals surface area contributed by atoms with E-state index in [1.165, 1.54) is 32.8 Å². The Kier molecular flexibility index (Phi) is 8.46. The Labute approximate surface area is 359 Å². The number of para-hydroxylation sites is 6. The van der Waals surface area contributed by atoms with Crippen molar-refractivity contribution in [2.45, 2.75) is 0 Å². The SMILES string of the molecule is c1ccc(N(c2ccc(-c3ccc(N(c4ccccc4)c4cccc5c4oc4ccccc45)c4ccccc34)cc2)c2ccc3c4ccccc4n(-c4ccccc4)c3c2)cc1. The number of aromatic nitrogens is 1. The zero-order chi connectivity index (χ0) is 41.0. The Morgan fingerprint density at radius 3 is 1.65 bits per heavy atom. The molecule has 0 unspecified atom stereocenters. The van der Waals surface area contributed by atoms with Crippen molar-refractivity contribution in [3.05, 3.63) is 237 Å². The van der Waals surface area contributed by atoms with Gasteiger partial charge in [0.1, 0.15) is 5.58 Å². The molecule has 2 heterocycles. The minimum absolute atomic E-state index is 0.866. The summed E-state index contributed by atoms with van der Waals surface area (Å²) in [4.78, 5) is 4.69. The van der Waals surface area contributed by atoms with Gasteiger partial charge in [0.05, 0.1) is 22.4 Å². The molecule has 4 nitrogen and oxygen atoms in total. The van der Waals surface area contributed by atoms with Crippen LogP contribution in [0, 0.1) is 0 Å². The van der Waals surface area contributed by atoms with E-state index >= 15 is 0 Å². The van der Waals surface area contributed by atoms with Gasteiger partial charge >= 0.3 is 0 Å². The highest BCUT2D eigenvalue weighted by molar-refractivity contribution is 6.13. The van der Waals surface area contributed by atoms with E-state index in [1.807, 2.05) is 12.1 Å². The molecule has 0 aliphatic carbocycles. The topological polar surface area (TPSA) is 24.6 Å². The third-order valence-corrected chi connectivity index (χ3v) is 12.2. The van der Waals surface area contributed by atoms with Crippen LogP contribution in [0.15, 0.2) is 241 Å². The highest BCUT2D eigenvalue weighted by Gasteiger charge is 2.22. The van der Waals surface area contributed by atoms with Crippen LogP contribution in [-0.4, -0.2) is 4.57 Å². The van der Waals surface area contributed by atoms with Gasteiger partial charge in [0.2, 0.25) is 0 Å². The Morgan fingerprint density at radius 1 is 0.323 bits per heavy atom. The summed E-state index contributed by atoms with van der Waals surface area (Å²) >= 11 is 0. The highest BCUT2D eigenvalue weighted by Crippen LogP contribution is 2.46. The molecule has 2 aromatic heterocycles. The minimum atomic E-state index is 0.866. The first-order valence-electron chi connectivity index (χ1n) is 21.1. The van der Waals surface area contributed by atoms with Gasteiger partial charge in [0, 0.05) is 55.4 Å². The van der Waals surface area contributed by atoms with Crippen LogP contribution in [0.1, 0.15) is 0 Å². The van der Waals surface area contributed by atoms with Crippen LogP contribution in [0.5, 0.6) is 0 Å². The molecule has 292 valence electrons. The molecule has 0 atom stereocenters. The predicted octanol–water partition coefficient (Wildman–Crippen LogP) is 16.4. The van der Waals surface area contributed by atoms with Crippen molar-refractivity contribution in [2.24, 2.45) is 0 Å². The largest absolute Gasteiger partial charge is 0.454 e. The lowest BCUT2D eigenvalue weighted by Gasteiger charge is -2.27. The van der Waals surface area contributed by atoms with Crippen LogP contribution in [-0.2, 0) is 0 Å². The second-order valence-electron chi connectivity index (χ2n) is 15.7. The molecule has 0 saturated heterocycles. The normalized spacial score (nSPS) is 11.5. The van der Waals surface area contributed by atoms with Crippen molar-refractivity contribution in [1.29, 1.82) is 0 Å². The number of rotatable bonds is 8. The molecular weight excluding hydrogens is 755 g/mol. The predicted molar refractivity (Wildman–Crippen MR) is 260 cm³/mol. The van der Waals surface area contributed by atoms with Gasteiger partial charge in [-0.05, 0) is 101 Å². The zero-order valence-electron chi connectivity index (χ0n) is 33.8. The first-order chi connectivity index (χ1) is 30.8. The van der Waals surface area contributed by atoms with E-state index in [9.17, 15) is 0 Å². The van der Waals surface area contributed by atoms with Crippen LogP contribution in [0.25, 0.3) is 71.3 Å². The van der Waals surface area contributed by atoms with Gasteiger partial charge in [0.15, 0.2) is 5.58 Å². The lowest BCUT2D eigenvalue weighted by atomic mass is 9.96. The number of furan rings is 1. The van der Waals surface area contributed by atoms with Gasteiger partial charge in [-0.25, -0.2) is 0 Å². The second kappa shape index (κ2) is 14.7. The summed E-state index contributed by atoms with van der Waals surface area (Å²) in [5.41, 5.74) is 14.0. The second-order valence-corrected chi connectivity index (χ2v) is 15.7. The molecule has 0 saturated carbocycles. The summed E-state index contributed by atoms with van der Waals surface area (Å²) in [5.74, 6) is 0. The van der Waals surface area contributed by atoms with Crippen LogP contribution in [0.2, 0.25) is 0 Å². The molecule has 0 spiro atoms. The summed E-state index contributed by atoms with van der Waals surface area (Å²) < 4.78 is 9.00. The van der Waals surface area contributed by atoms with Crippen molar-refractivity contribution in [2.75, 3.05) is 9.80 Å². The molecule has 12 aromatic rings. The van der Waals surface area contributed by atoms with E-state index in [4.69, 9.17) is 4.42 Å². The van der Waals surface area contributed by atoms with E-state index in [2.05, 4.69) is 239 Å². The van der Waals surface area contributed by atoms with Gasteiger partial charge in [-0.3, -0.25) is 0 Å². The average molecular weight is 794 g/mol. The van der Waals surface area contributed by atoms with E-state index in [0.717, 1.165) is 72.7 Å². The van der Waals surface area contributed by atoms with E-state index in [-0.39, 0.29) is 0 Å². The maximum absolute atomic E-state index is 6.62. The van der Waals surface area contributed by atoms with Gasteiger partial charge in [-0.2, -0.15) is 0 Å². The fourth-order valence-corrected chi connectivity index (χ4v) is 9.39. The Balaban J connectivity index is 0.981. The fraction of sp³-hybridized carbons (Fsp3) is 0. The van der Waals surface area contributed by atoms with Crippen LogP contribution < -0.4 is 9.80 Å². The number of nitrogens with zero attached hydrogens (tertiary/aromatic N) is 3. The van der Waals surface area contributed by atoms with Crippen molar-refractivity contribution >= 4 is 88.6 Å². The average Bonchev–Trinajstić information content (AvgIpc) is 3.89. The maximum Gasteiger partial charge on any atom is 0.159 e. The number of benzene rings is 10. The van der Waals surface area contributed by atoms with E-state index in [1.54, 1.807) is 0 Å². The molecule has 0 amide bonds. The molecule has 62 heavy (non-hydrogen) atoms. The molecule has 10 aromatic carbocycles. The fourth-order valence-electron chi connectivity index (χ4n) is 9.39. The quantitative estimate of drug-likeness (QED) is 0.153. The smallest absolute Gasteiger partial charge is 0.159 e. The summed E-state index contributed by atoms with van der Waals surface area (Å²) in [5, 5.41) is 7.01. The Hall–Kier alpha value is -8.34. The van der Waals surface area contributed by atoms with Crippen molar-refractivity contribution in [3.63, 3.8) is 0 Å². The first kappa shape index (κ1) is 35.6. The maximum atomic E-state index is 6.62. The zero-order valence-corrected chi connectivity index (χ0v) is 33.8. The summed E-state index contributed by atoms with van der Waals surface area (Å²) in [6, 6.07) is 84.5. The number of hydrogen-bond acceptors (Lipinski definition) is 3. The third-order valence-electron chi connectivity index (χ3n) is 12.2. The molecule has 0 aliphatic rings. The number of anilines is 6.